The predicted molar refractivity (Wildman–Crippen MR) is 15.2 cm³/mol. The van der Waals surface area contributed by atoms with Crippen molar-refractivity contribution in [2.24, 2.45) is 0 Å². The van der Waals surface area contributed by atoms with Crippen LogP contribution in [0, 0.1) is 0 Å². The van der Waals surface area contributed by atoms with E-state index >= 15 is 0 Å². The molecule has 0 spiro atoms. The second-order valence-electron chi connectivity index (χ2n) is 0.305. The third-order valence-electron chi connectivity index (χ3n) is 0. The van der Waals surface area contributed by atoms with Crippen molar-refractivity contribution < 1.29 is 27.3 Å². The summed E-state index contributed by atoms with van der Waals surface area (Å²) in [5.74, 6) is 0. The number of hydrogen-bond donors (Lipinski definition) is 1. The summed E-state index contributed by atoms with van der Waals surface area (Å²) in [6, 6.07) is 0. The van der Waals surface area contributed by atoms with Crippen molar-refractivity contribution in [2.75, 3.05) is 0 Å². The van der Waals surface area contributed by atoms with Gasteiger partial charge in [0.15, 0.2) is 0 Å². The quantitative estimate of drug-likeness (QED) is 0.504. The van der Waals surface area contributed by atoms with Gasteiger partial charge in [0.25, 0.3) is 0 Å². The Morgan fingerprint density at radius 2 is 1.80 bits per heavy atom. The summed E-state index contributed by atoms with van der Waals surface area (Å²) >= 11 is 1.08. The molecule has 0 aromatic carbocycles. The van der Waals surface area contributed by atoms with Crippen LogP contribution in [0.2, 0.25) is 0 Å². The van der Waals surface area contributed by atoms with Crippen LogP contribution < -0.4 is 0 Å². The molecule has 0 unspecified atom stereocenters. The zero-order chi connectivity index (χ0) is 3.58. The first-order chi connectivity index (χ1) is 1.73. The first-order valence-electron chi connectivity index (χ1n) is 0.678. The topological polar surface area (TPSA) is 37.3 Å². The van der Waals surface area contributed by atoms with Crippen LogP contribution >= 0.6 is 0 Å². The molecule has 0 aliphatic rings. The minimum absolute atomic E-state index is 0. The van der Waals surface area contributed by atoms with Crippen LogP contribution in [0.3, 0.4) is 0 Å². The Morgan fingerprint density at radius 3 is 1.80 bits per heavy atom. The number of rotatable bonds is 0. The van der Waals surface area contributed by atoms with Crippen LogP contribution in [-0.4, -0.2) is 26.7 Å². The van der Waals surface area contributed by atoms with Crippen molar-refractivity contribution in [3.63, 3.8) is 0 Å². The van der Waals surface area contributed by atoms with E-state index in [1.165, 1.54) is 0 Å². The van der Waals surface area contributed by atoms with Crippen LogP contribution in [-0.2, 0) is 17.4 Å². The van der Waals surface area contributed by atoms with Gasteiger partial charge in [0.05, 0.1) is 0 Å². The van der Waals surface area contributed by atoms with Gasteiger partial charge in [0.2, 0.25) is 0 Å². The third-order valence-corrected chi connectivity index (χ3v) is 0. The Hall–Kier alpha value is 0.561. The smallest absolute Gasteiger partial charge is 0 e. The van der Waals surface area contributed by atoms with E-state index in [1.54, 1.807) is 0 Å². The Morgan fingerprint density at radius 1 is 1.80 bits per heavy atom. The minimum Gasteiger partial charge on any atom is 0 e. The average molecular weight is 173 g/mol. The van der Waals surface area contributed by atoms with Gasteiger partial charge in [-0.2, -0.15) is 0 Å². The Bertz CT molecular complexity index is 32.6. The van der Waals surface area contributed by atoms with E-state index in [-0.39, 0.29) is 17.4 Å². The summed E-state index contributed by atoms with van der Waals surface area (Å²) in [4.78, 5) is 9.00. The molecule has 0 amide bonds. The minimum atomic E-state index is -0.833. The van der Waals surface area contributed by atoms with Crippen molar-refractivity contribution >= 4 is 21.6 Å². The van der Waals surface area contributed by atoms with Gasteiger partial charge in [-0.1, -0.05) is 0 Å². The summed E-state index contributed by atoms with van der Waals surface area (Å²) < 4.78 is -0.833. The molecule has 0 saturated carbocycles. The zero-order valence-corrected chi connectivity index (χ0v) is 5.64. The fraction of sp³-hybridized carbons (Fsp3) is 0. The van der Waals surface area contributed by atoms with E-state index in [2.05, 4.69) is 0 Å². The molecule has 4 heteroatoms. The zero-order valence-electron chi connectivity index (χ0n) is 2.26. The molecule has 0 rings (SSSR count). The summed E-state index contributed by atoms with van der Waals surface area (Å²) in [6.07, 6.45) is 0. The Kier molecular flexibility index (Phi) is 8.32. The van der Waals surface area contributed by atoms with Crippen molar-refractivity contribution in [3.8, 4) is 0 Å². The SMILES string of the molecule is O=C(O)[AsH].[Cr]. The van der Waals surface area contributed by atoms with Crippen LogP contribution in [0.1, 0.15) is 0 Å². The number of hydrogen-bond acceptors (Lipinski definition) is 1. The third kappa shape index (κ3) is 95.1. The molecule has 1 N–H and O–H groups in total. The van der Waals surface area contributed by atoms with Crippen LogP contribution in [0.4, 0.5) is 4.79 Å². The van der Waals surface area contributed by atoms with Gasteiger partial charge < -0.3 is 0 Å². The van der Waals surface area contributed by atoms with Gasteiger partial charge in [-0.05, 0) is 0 Å². The van der Waals surface area contributed by atoms with Gasteiger partial charge in [0, 0.05) is 17.4 Å². The second-order valence-corrected chi connectivity index (χ2v) is 1.20. The summed E-state index contributed by atoms with van der Waals surface area (Å²) in [6.45, 7) is 0. The fourth-order valence-electron chi connectivity index (χ4n) is 0. The Balaban J connectivity index is 0. The van der Waals surface area contributed by atoms with E-state index in [9.17, 15) is 0 Å². The van der Waals surface area contributed by atoms with Crippen molar-refractivity contribution in [2.45, 2.75) is 0 Å². The summed E-state index contributed by atoms with van der Waals surface area (Å²) in [5, 5.41) is 7.42. The molecule has 0 aromatic rings. The van der Waals surface area contributed by atoms with E-state index < -0.39 is 4.76 Å². The summed E-state index contributed by atoms with van der Waals surface area (Å²) in [5.41, 5.74) is 0. The monoisotopic (exact) mass is 173 g/mol. The average Bonchev–Trinajstić information content (AvgIpc) is 0.811. The Labute approximate surface area is 49.2 Å². The van der Waals surface area contributed by atoms with E-state index in [0.29, 0.717) is 0 Å². The maximum atomic E-state index is 9.00. The molecule has 1 radical (unpaired) electrons. The number of carboxylic acid groups (broad SMARTS) is 1. The van der Waals surface area contributed by atoms with Crippen molar-refractivity contribution in [1.82, 2.24) is 0 Å². The molecule has 0 bridgehead atoms. The molecule has 0 heterocycles. The molecule has 0 atom stereocenters. The molecule has 0 aliphatic heterocycles. The molecule has 5 heavy (non-hydrogen) atoms. The van der Waals surface area contributed by atoms with Gasteiger partial charge in [0.1, 0.15) is 0 Å². The van der Waals surface area contributed by atoms with Crippen LogP contribution in [0.15, 0.2) is 0 Å². The maximum Gasteiger partial charge on any atom is 0 e. The molecule has 0 fully saturated rings. The van der Waals surface area contributed by atoms with Gasteiger partial charge in [-0.3, -0.25) is 0 Å². The van der Waals surface area contributed by atoms with E-state index in [0.717, 1.165) is 16.9 Å². The first-order valence-corrected chi connectivity index (χ1v) is 1.73. The first kappa shape index (κ1) is 9.12. The predicted octanol–water partition coefficient (Wildman–Crippen LogP) is -0.437. The molecule has 0 aromatic heterocycles. The molecule has 2 nitrogen and oxygen atoms in total. The van der Waals surface area contributed by atoms with Crippen LogP contribution in [0.25, 0.3) is 0 Å². The molecular formula is CH2AsCrO2. The van der Waals surface area contributed by atoms with Crippen molar-refractivity contribution in [1.29, 1.82) is 0 Å². The standard InChI is InChI=1S/CH2AsO2.Cr/c2-1(3)4;/h2H,(H,3,4);. The molecular weight excluding hydrogens is 171 g/mol. The van der Waals surface area contributed by atoms with Gasteiger partial charge >= 0.3 is 31.5 Å². The van der Waals surface area contributed by atoms with Gasteiger partial charge in [-0.25, -0.2) is 0 Å². The molecule has 0 saturated heterocycles. The molecule has 0 aliphatic carbocycles. The second kappa shape index (κ2) is 4.56. The van der Waals surface area contributed by atoms with E-state index in [4.69, 9.17) is 9.90 Å². The summed E-state index contributed by atoms with van der Waals surface area (Å²) in [7, 11) is 0. The molecule has 29 valence electrons. The maximum absolute atomic E-state index is 9.00. The van der Waals surface area contributed by atoms with Crippen LogP contribution in [0.5, 0.6) is 0 Å². The number of carbonyl (C=O) groups is 1. The largest absolute Gasteiger partial charge is 0 e. The van der Waals surface area contributed by atoms with Crippen molar-refractivity contribution in [3.05, 3.63) is 0 Å². The fourth-order valence-corrected chi connectivity index (χ4v) is 0. The van der Waals surface area contributed by atoms with Gasteiger partial charge in [-0.15, -0.1) is 0 Å². The normalized spacial score (nSPS) is 5.00. The van der Waals surface area contributed by atoms with E-state index in [1.807, 2.05) is 0 Å².